The Morgan fingerprint density at radius 1 is 1.42 bits per heavy atom. The number of carbonyl (C=O) groups excluding carboxylic acids is 1. The van der Waals surface area contributed by atoms with Crippen LogP contribution in [0.3, 0.4) is 0 Å². The number of hydrogen-bond acceptors (Lipinski definition) is 4. The lowest BCUT2D eigenvalue weighted by Gasteiger charge is -2.35. The molecular weight excluding hydrogens is 357 g/mol. The van der Waals surface area contributed by atoms with Crippen molar-refractivity contribution in [1.82, 2.24) is 10.3 Å². The predicted molar refractivity (Wildman–Crippen MR) is 99.7 cm³/mol. The average molecular weight is 382 g/mol. The molecule has 1 saturated heterocycles. The van der Waals surface area contributed by atoms with Crippen molar-refractivity contribution in [3.05, 3.63) is 34.6 Å². The summed E-state index contributed by atoms with van der Waals surface area (Å²) in [6.07, 6.45) is 2.84. The second-order valence-corrected chi connectivity index (χ2v) is 8.23. The van der Waals surface area contributed by atoms with E-state index in [1.54, 1.807) is 12.1 Å². The van der Waals surface area contributed by atoms with Crippen molar-refractivity contribution < 1.29 is 14.3 Å². The van der Waals surface area contributed by atoms with Crippen LogP contribution in [-0.2, 0) is 4.79 Å². The summed E-state index contributed by atoms with van der Waals surface area (Å²) in [5.74, 6) is -0.0175. The van der Waals surface area contributed by atoms with Crippen LogP contribution in [0, 0.1) is 11.7 Å². The van der Waals surface area contributed by atoms with Gasteiger partial charge in [0.25, 0.3) is 0 Å². The monoisotopic (exact) mass is 381 g/mol. The van der Waals surface area contributed by atoms with Gasteiger partial charge in [-0.25, -0.2) is 4.39 Å². The zero-order valence-corrected chi connectivity index (χ0v) is 15.9. The van der Waals surface area contributed by atoms with Crippen molar-refractivity contribution in [2.45, 2.75) is 51.2 Å². The quantitative estimate of drug-likeness (QED) is 0.842. The summed E-state index contributed by atoms with van der Waals surface area (Å²) >= 11 is 6.09. The molecule has 0 spiro atoms. The van der Waals surface area contributed by atoms with E-state index in [1.165, 1.54) is 6.07 Å². The number of benzene rings is 1. The van der Waals surface area contributed by atoms with Crippen LogP contribution in [-0.4, -0.2) is 46.4 Å². The van der Waals surface area contributed by atoms with Crippen molar-refractivity contribution in [3.8, 4) is 0 Å². The first-order chi connectivity index (χ1) is 12.2. The Balaban J connectivity index is 1.57. The molecule has 0 aromatic heterocycles. The number of aliphatic hydroxyl groups is 1. The minimum absolute atomic E-state index is 0.0158. The van der Waals surface area contributed by atoms with Gasteiger partial charge in [0.05, 0.1) is 21.9 Å². The number of carbonyl (C=O) groups is 1. The van der Waals surface area contributed by atoms with Crippen LogP contribution in [0.1, 0.15) is 45.1 Å². The molecular formula is C19H25ClFN3O2. The summed E-state index contributed by atoms with van der Waals surface area (Å²) in [5, 5.41) is 14.4. The maximum absolute atomic E-state index is 14.1. The molecule has 1 amide bonds. The van der Waals surface area contributed by atoms with Crippen molar-refractivity contribution >= 4 is 23.2 Å². The second kappa shape index (κ2) is 7.53. The first-order valence-electron chi connectivity index (χ1n) is 9.02. The van der Waals surface area contributed by atoms with Crippen LogP contribution >= 0.6 is 11.6 Å². The number of likely N-dealkylation sites (tertiary alicyclic amines) is 1. The molecule has 7 heteroatoms. The summed E-state index contributed by atoms with van der Waals surface area (Å²) in [6, 6.07) is 4.02. The number of nitrogens with one attached hydrogen (secondary N) is 1. The Labute approximate surface area is 158 Å². The number of nitrogens with zero attached hydrogens (tertiary/aromatic N) is 2. The molecule has 0 bridgehead atoms. The van der Waals surface area contributed by atoms with Gasteiger partial charge in [-0.1, -0.05) is 17.7 Å². The number of rotatable bonds is 4. The fourth-order valence-electron chi connectivity index (χ4n) is 3.80. The highest BCUT2D eigenvalue weighted by molar-refractivity contribution is 6.34. The lowest BCUT2D eigenvalue weighted by Crippen LogP contribution is -2.47. The van der Waals surface area contributed by atoms with Crippen LogP contribution < -0.4 is 5.43 Å². The van der Waals surface area contributed by atoms with Crippen LogP contribution in [0.15, 0.2) is 23.3 Å². The Morgan fingerprint density at radius 3 is 2.73 bits per heavy atom. The second-order valence-electron chi connectivity index (χ2n) is 7.83. The molecule has 3 rings (SSSR count). The molecule has 1 unspecified atom stereocenters. The Hall–Kier alpha value is -1.66. The standard InChI is InChI=1S/C19H25ClFN3O2/c1-19(2,26)11-12-6-8-24(9-7-12)18(25)16-10-15(22-23-16)17-13(20)4-3-5-14(17)21/h3-5,12,16,23,26H,6-11H2,1-2H3. The lowest BCUT2D eigenvalue weighted by molar-refractivity contribution is -0.134. The van der Waals surface area contributed by atoms with Gasteiger partial charge < -0.3 is 10.0 Å². The third kappa shape index (κ3) is 4.35. The summed E-state index contributed by atoms with van der Waals surface area (Å²) in [6.45, 7) is 4.99. The van der Waals surface area contributed by atoms with E-state index in [0.717, 1.165) is 19.3 Å². The van der Waals surface area contributed by atoms with E-state index in [4.69, 9.17) is 11.6 Å². The Morgan fingerprint density at radius 2 is 2.12 bits per heavy atom. The van der Waals surface area contributed by atoms with E-state index in [1.807, 2.05) is 18.7 Å². The SMILES string of the molecule is CC(C)(O)CC1CCN(C(=O)C2CC(c3c(F)cccc3Cl)=NN2)CC1. The molecule has 1 aromatic carbocycles. The highest BCUT2D eigenvalue weighted by Gasteiger charge is 2.34. The highest BCUT2D eigenvalue weighted by atomic mass is 35.5. The number of piperidine rings is 1. The average Bonchev–Trinajstić information content (AvgIpc) is 3.03. The van der Waals surface area contributed by atoms with Crippen molar-refractivity contribution in [3.63, 3.8) is 0 Å². The van der Waals surface area contributed by atoms with Gasteiger partial charge in [-0.15, -0.1) is 0 Å². The van der Waals surface area contributed by atoms with Crippen LogP contribution in [0.2, 0.25) is 5.02 Å². The van der Waals surface area contributed by atoms with Gasteiger partial charge in [0.2, 0.25) is 5.91 Å². The third-order valence-electron chi connectivity index (χ3n) is 5.02. The van der Waals surface area contributed by atoms with Crippen LogP contribution in [0.4, 0.5) is 4.39 Å². The zero-order chi connectivity index (χ0) is 18.9. The minimum Gasteiger partial charge on any atom is -0.390 e. The maximum Gasteiger partial charge on any atom is 0.247 e. The van der Waals surface area contributed by atoms with Crippen molar-refractivity contribution in [1.29, 1.82) is 0 Å². The van der Waals surface area contributed by atoms with Crippen LogP contribution in [0.5, 0.6) is 0 Å². The molecule has 2 heterocycles. The van der Waals surface area contributed by atoms with E-state index in [-0.39, 0.29) is 11.5 Å². The number of halogens is 2. The highest BCUT2D eigenvalue weighted by Crippen LogP contribution is 2.28. The molecule has 0 aliphatic carbocycles. The summed E-state index contributed by atoms with van der Waals surface area (Å²) < 4.78 is 14.1. The van der Waals surface area contributed by atoms with Crippen molar-refractivity contribution in [2.75, 3.05) is 13.1 Å². The molecule has 1 fully saturated rings. The first kappa shape index (κ1) is 19.1. The topological polar surface area (TPSA) is 64.9 Å². The van der Waals surface area contributed by atoms with Crippen LogP contribution in [0.25, 0.3) is 0 Å². The van der Waals surface area contributed by atoms with E-state index in [9.17, 15) is 14.3 Å². The number of amides is 1. The van der Waals surface area contributed by atoms with Gasteiger partial charge in [0.1, 0.15) is 11.9 Å². The third-order valence-corrected chi connectivity index (χ3v) is 5.33. The lowest BCUT2D eigenvalue weighted by atomic mass is 9.86. The van der Waals surface area contributed by atoms with Gasteiger partial charge in [-0.3, -0.25) is 10.2 Å². The minimum atomic E-state index is -0.675. The largest absolute Gasteiger partial charge is 0.390 e. The fourth-order valence-corrected chi connectivity index (χ4v) is 4.07. The molecule has 2 N–H and O–H groups in total. The molecule has 2 aliphatic heterocycles. The normalized spacial score (nSPS) is 21.5. The number of hydrazone groups is 1. The first-order valence-corrected chi connectivity index (χ1v) is 9.40. The summed E-state index contributed by atoms with van der Waals surface area (Å²) in [7, 11) is 0. The zero-order valence-electron chi connectivity index (χ0n) is 15.1. The Bertz CT molecular complexity index is 689. The Kier molecular flexibility index (Phi) is 5.53. The number of hydrogen-bond donors (Lipinski definition) is 2. The van der Waals surface area contributed by atoms with E-state index in [2.05, 4.69) is 10.5 Å². The molecule has 1 atom stereocenters. The fraction of sp³-hybridized carbons (Fsp3) is 0.579. The molecule has 2 aliphatic rings. The van der Waals surface area contributed by atoms with Gasteiger partial charge in [0, 0.05) is 19.5 Å². The van der Waals surface area contributed by atoms with Crippen molar-refractivity contribution in [2.24, 2.45) is 11.0 Å². The van der Waals surface area contributed by atoms with Gasteiger partial charge in [-0.05, 0) is 51.2 Å². The van der Waals surface area contributed by atoms with E-state index >= 15 is 0 Å². The maximum atomic E-state index is 14.1. The molecule has 0 radical (unpaired) electrons. The predicted octanol–water partition coefficient (Wildman–Crippen LogP) is 2.94. The van der Waals surface area contributed by atoms with E-state index in [0.29, 0.717) is 36.2 Å². The summed E-state index contributed by atoms with van der Waals surface area (Å²) in [4.78, 5) is 14.6. The smallest absolute Gasteiger partial charge is 0.247 e. The van der Waals surface area contributed by atoms with Gasteiger partial charge >= 0.3 is 0 Å². The van der Waals surface area contributed by atoms with Gasteiger partial charge in [-0.2, -0.15) is 5.10 Å². The van der Waals surface area contributed by atoms with Gasteiger partial charge in [0.15, 0.2) is 0 Å². The molecule has 26 heavy (non-hydrogen) atoms. The molecule has 142 valence electrons. The molecule has 0 saturated carbocycles. The van der Waals surface area contributed by atoms with E-state index < -0.39 is 17.5 Å². The molecule has 5 nitrogen and oxygen atoms in total. The molecule has 1 aromatic rings. The summed E-state index contributed by atoms with van der Waals surface area (Å²) in [5.41, 5.74) is 2.90.